The maximum Gasteiger partial charge on any atom is 0.304 e. The van der Waals surface area contributed by atoms with E-state index in [-0.39, 0.29) is 28.0 Å². The average molecular weight is 321 g/mol. The quantitative estimate of drug-likeness (QED) is 0.417. The highest BCUT2D eigenvalue weighted by atomic mass is 32.2. The number of nitro groups is 1. The molecule has 112 valence electrons. The van der Waals surface area contributed by atoms with Crippen molar-refractivity contribution in [1.29, 1.82) is 0 Å². The van der Waals surface area contributed by atoms with E-state index in [0.29, 0.717) is 23.9 Å². The second-order valence-corrected chi connectivity index (χ2v) is 7.57. The molecule has 0 aromatic carbocycles. The molecule has 1 saturated carbocycles. The standard InChI is InChI=1S/C10H15N3O5S2/c11-10-8(13(14)15)5-9(19-10)20(16,17)12-3-4-18-6-7-1-2-7/h5,7,12H,1-4,6,11H2. The van der Waals surface area contributed by atoms with Gasteiger partial charge in [0.2, 0.25) is 10.0 Å². The van der Waals surface area contributed by atoms with Gasteiger partial charge in [0.05, 0.1) is 11.5 Å². The molecule has 1 aliphatic carbocycles. The smallest absolute Gasteiger partial charge is 0.304 e. The first kappa shape index (κ1) is 15.2. The number of sulfonamides is 1. The number of hydrogen-bond acceptors (Lipinski definition) is 7. The normalized spacial score (nSPS) is 15.4. The van der Waals surface area contributed by atoms with Gasteiger partial charge in [0.15, 0.2) is 5.00 Å². The van der Waals surface area contributed by atoms with Crippen LogP contribution < -0.4 is 10.5 Å². The summed E-state index contributed by atoms with van der Waals surface area (Å²) in [6, 6.07) is 0.966. The Morgan fingerprint density at radius 1 is 1.55 bits per heavy atom. The predicted molar refractivity (Wildman–Crippen MR) is 74.1 cm³/mol. The van der Waals surface area contributed by atoms with Crippen LogP contribution in [0.5, 0.6) is 0 Å². The zero-order valence-corrected chi connectivity index (χ0v) is 12.2. The van der Waals surface area contributed by atoms with Crippen molar-refractivity contribution < 1.29 is 18.1 Å². The molecule has 8 nitrogen and oxygen atoms in total. The van der Waals surface area contributed by atoms with Gasteiger partial charge in [-0.1, -0.05) is 11.3 Å². The molecule has 1 heterocycles. The van der Waals surface area contributed by atoms with Crippen LogP contribution in [-0.4, -0.2) is 33.1 Å². The van der Waals surface area contributed by atoms with Crippen LogP contribution in [0.3, 0.4) is 0 Å². The van der Waals surface area contributed by atoms with Gasteiger partial charge in [-0.25, -0.2) is 13.1 Å². The van der Waals surface area contributed by atoms with E-state index in [9.17, 15) is 18.5 Å². The number of thiophene rings is 1. The van der Waals surface area contributed by atoms with Gasteiger partial charge in [-0.3, -0.25) is 10.1 Å². The van der Waals surface area contributed by atoms with Crippen molar-refractivity contribution in [3.05, 3.63) is 16.2 Å². The van der Waals surface area contributed by atoms with Gasteiger partial charge in [0, 0.05) is 19.2 Å². The third kappa shape index (κ3) is 3.88. The number of anilines is 1. The highest BCUT2D eigenvalue weighted by Crippen LogP contribution is 2.34. The maximum absolute atomic E-state index is 11.9. The fourth-order valence-corrected chi connectivity index (χ4v) is 3.77. The average Bonchev–Trinajstić information content (AvgIpc) is 3.09. The molecular formula is C10H15N3O5S2. The minimum absolute atomic E-state index is 0.125. The molecule has 2 rings (SSSR count). The topological polar surface area (TPSA) is 125 Å². The van der Waals surface area contributed by atoms with Gasteiger partial charge < -0.3 is 10.5 Å². The van der Waals surface area contributed by atoms with Crippen LogP contribution in [0.2, 0.25) is 0 Å². The van der Waals surface area contributed by atoms with E-state index in [1.165, 1.54) is 12.8 Å². The highest BCUT2D eigenvalue weighted by molar-refractivity contribution is 7.91. The number of nitrogens with zero attached hydrogens (tertiary/aromatic N) is 1. The molecule has 0 bridgehead atoms. The molecule has 1 aliphatic rings. The first-order valence-corrected chi connectivity index (χ1v) is 8.31. The van der Waals surface area contributed by atoms with Crippen LogP contribution in [0.1, 0.15) is 12.8 Å². The van der Waals surface area contributed by atoms with Gasteiger partial charge in [-0.2, -0.15) is 0 Å². The maximum atomic E-state index is 11.9. The zero-order chi connectivity index (χ0) is 14.8. The van der Waals surface area contributed by atoms with E-state index in [4.69, 9.17) is 10.5 Å². The van der Waals surface area contributed by atoms with Crippen molar-refractivity contribution in [2.45, 2.75) is 17.1 Å². The lowest BCUT2D eigenvalue weighted by molar-refractivity contribution is -0.383. The molecular weight excluding hydrogens is 306 g/mol. The van der Waals surface area contributed by atoms with E-state index in [0.717, 1.165) is 6.07 Å². The van der Waals surface area contributed by atoms with Crippen LogP contribution in [0.15, 0.2) is 10.3 Å². The van der Waals surface area contributed by atoms with Gasteiger partial charge in [0.1, 0.15) is 4.21 Å². The van der Waals surface area contributed by atoms with Crippen LogP contribution in [0.4, 0.5) is 10.7 Å². The predicted octanol–water partition coefficient (Wildman–Crippen LogP) is 0.943. The Labute approximate surface area is 120 Å². The summed E-state index contributed by atoms with van der Waals surface area (Å²) >= 11 is 0.673. The summed E-state index contributed by atoms with van der Waals surface area (Å²) in [5.41, 5.74) is 5.03. The highest BCUT2D eigenvalue weighted by Gasteiger charge is 2.24. The molecule has 20 heavy (non-hydrogen) atoms. The lowest BCUT2D eigenvalue weighted by atomic mass is 10.5. The van der Waals surface area contributed by atoms with Crippen LogP contribution >= 0.6 is 11.3 Å². The largest absolute Gasteiger partial charge is 0.385 e. The summed E-state index contributed by atoms with van der Waals surface area (Å²) in [4.78, 5) is 9.92. The molecule has 1 aromatic heterocycles. The van der Waals surface area contributed by atoms with Crippen molar-refractivity contribution in [3.63, 3.8) is 0 Å². The number of nitrogens with two attached hydrogens (primary N) is 1. The molecule has 0 radical (unpaired) electrons. The molecule has 0 unspecified atom stereocenters. The molecule has 0 amide bonds. The van der Waals surface area contributed by atoms with E-state index in [1.54, 1.807) is 0 Å². The lowest BCUT2D eigenvalue weighted by Crippen LogP contribution is -2.27. The first-order valence-electron chi connectivity index (χ1n) is 6.01. The molecule has 0 spiro atoms. The Bertz CT molecular complexity index is 594. The first-order chi connectivity index (χ1) is 9.40. The minimum Gasteiger partial charge on any atom is -0.385 e. The van der Waals surface area contributed by atoms with E-state index < -0.39 is 14.9 Å². The van der Waals surface area contributed by atoms with Gasteiger partial charge in [-0.05, 0) is 18.8 Å². The van der Waals surface area contributed by atoms with Crippen molar-refractivity contribution >= 4 is 32.0 Å². The SMILES string of the molecule is Nc1sc(S(=O)(=O)NCCOCC2CC2)cc1[N+](=O)[O-]. The van der Waals surface area contributed by atoms with Crippen molar-refractivity contribution in [2.75, 3.05) is 25.5 Å². The summed E-state index contributed by atoms with van der Waals surface area (Å²) in [5, 5.41) is 10.5. The molecule has 1 aromatic rings. The molecule has 1 fully saturated rings. The molecule has 3 N–H and O–H groups in total. The van der Waals surface area contributed by atoms with Crippen LogP contribution in [0.25, 0.3) is 0 Å². The van der Waals surface area contributed by atoms with E-state index >= 15 is 0 Å². The Hall–Kier alpha value is -1.23. The summed E-state index contributed by atoms with van der Waals surface area (Å²) in [6.07, 6.45) is 2.34. The van der Waals surface area contributed by atoms with Crippen LogP contribution in [0, 0.1) is 16.0 Å². The van der Waals surface area contributed by atoms with E-state index in [1.807, 2.05) is 0 Å². The second-order valence-electron chi connectivity index (χ2n) is 4.49. The van der Waals surface area contributed by atoms with Gasteiger partial charge in [0.25, 0.3) is 0 Å². The second kappa shape index (κ2) is 6.04. The summed E-state index contributed by atoms with van der Waals surface area (Å²) in [6.45, 7) is 1.05. The molecule has 0 atom stereocenters. The zero-order valence-electron chi connectivity index (χ0n) is 10.6. The van der Waals surface area contributed by atoms with E-state index in [2.05, 4.69) is 4.72 Å². The fraction of sp³-hybridized carbons (Fsp3) is 0.600. The van der Waals surface area contributed by atoms with Crippen molar-refractivity contribution in [1.82, 2.24) is 4.72 Å². The lowest BCUT2D eigenvalue weighted by Gasteiger charge is -2.05. The molecule has 10 heteroatoms. The molecule has 0 saturated heterocycles. The van der Waals surface area contributed by atoms with Crippen molar-refractivity contribution in [2.24, 2.45) is 5.92 Å². The summed E-state index contributed by atoms with van der Waals surface area (Å²) in [5.74, 6) is 0.617. The molecule has 0 aliphatic heterocycles. The number of nitrogen functional groups attached to an aromatic ring is 1. The number of nitrogens with one attached hydrogen (secondary N) is 1. The number of hydrogen-bond donors (Lipinski definition) is 2. The summed E-state index contributed by atoms with van der Waals surface area (Å²) in [7, 11) is -3.78. The van der Waals surface area contributed by atoms with Gasteiger partial charge >= 0.3 is 5.69 Å². The Morgan fingerprint density at radius 3 is 2.80 bits per heavy atom. The number of rotatable bonds is 8. The number of ether oxygens (including phenoxy) is 1. The minimum atomic E-state index is -3.78. The summed E-state index contributed by atoms with van der Waals surface area (Å²) < 4.78 is 31.3. The van der Waals surface area contributed by atoms with Gasteiger partial charge in [-0.15, -0.1) is 0 Å². The fourth-order valence-electron chi connectivity index (χ4n) is 1.50. The van der Waals surface area contributed by atoms with Crippen LogP contribution in [-0.2, 0) is 14.8 Å². The Morgan fingerprint density at radius 2 is 2.25 bits per heavy atom. The third-order valence-electron chi connectivity index (χ3n) is 2.77. The Kier molecular flexibility index (Phi) is 4.58. The monoisotopic (exact) mass is 321 g/mol. The Balaban J connectivity index is 1.88. The van der Waals surface area contributed by atoms with Crippen molar-refractivity contribution in [3.8, 4) is 0 Å². The third-order valence-corrected chi connectivity index (χ3v) is 5.66.